The van der Waals surface area contributed by atoms with Crippen LogP contribution in [-0.2, 0) is 22.4 Å². The van der Waals surface area contributed by atoms with Crippen LogP contribution in [-0.4, -0.2) is 47.1 Å². The number of benzene rings is 3. The number of phenolic OH excluding ortho intramolecular Hbond substituents is 1. The summed E-state index contributed by atoms with van der Waals surface area (Å²) in [4.78, 5) is 46.2. The first-order valence-corrected chi connectivity index (χ1v) is 12.5. The first-order valence-electron chi connectivity index (χ1n) is 12.5. The number of hydrogen-bond acceptors (Lipinski definition) is 8. The Hall–Kier alpha value is -4.97. The zero-order valence-electron chi connectivity index (χ0n) is 21.7. The number of hydrogen-bond donors (Lipinski definition) is 5. The Bertz CT molecular complexity index is 1360. The van der Waals surface area contributed by atoms with Gasteiger partial charge in [-0.1, -0.05) is 30.3 Å². The summed E-state index contributed by atoms with van der Waals surface area (Å²) in [5.74, 6) is -0.356. The second kappa shape index (κ2) is 14.3. The first kappa shape index (κ1) is 29.6. The number of aromatic hydroxyl groups is 1. The maximum atomic E-state index is 12.3. The van der Waals surface area contributed by atoms with E-state index in [2.05, 4.69) is 5.32 Å². The Labute approximate surface area is 230 Å². The van der Waals surface area contributed by atoms with Gasteiger partial charge in [0.2, 0.25) is 11.8 Å². The molecule has 0 aliphatic rings. The van der Waals surface area contributed by atoms with Crippen LogP contribution in [0.25, 0.3) is 11.1 Å². The third-order valence-electron chi connectivity index (χ3n) is 5.92. The first-order chi connectivity index (χ1) is 19.1. The second-order valence-electron chi connectivity index (χ2n) is 9.04. The van der Waals surface area contributed by atoms with Crippen LogP contribution < -0.4 is 26.8 Å². The summed E-state index contributed by atoms with van der Waals surface area (Å²) in [7, 11) is 0. The number of nitro benzene ring substituents is 1. The monoisotopic (exact) mass is 549 g/mol. The van der Waals surface area contributed by atoms with Gasteiger partial charge in [0.1, 0.15) is 11.5 Å². The molecule has 0 aliphatic heterocycles. The number of unbranched alkanes of at least 4 members (excludes halogenated alkanes) is 1. The number of nitro groups is 1. The van der Waals surface area contributed by atoms with Crippen molar-refractivity contribution in [1.29, 1.82) is 0 Å². The average Bonchev–Trinajstić information content (AvgIpc) is 2.91. The van der Waals surface area contributed by atoms with E-state index in [0.717, 1.165) is 5.56 Å². The van der Waals surface area contributed by atoms with Crippen molar-refractivity contribution in [3.05, 3.63) is 88.0 Å². The zero-order valence-corrected chi connectivity index (χ0v) is 21.7. The maximum Gasteiger partial charge on any atom is 0.318 e. The lowest BCUT2D eigenvalue weighted by atomic mass is 10.00. The lowest BCUT2D eigenvalue weighted by molar-refractivity contribution is -0.384. The normalized spacial score (nSPS) is 11.3. The SMILES string of the molecule is NC(=O)NC(=O)Cc1cc(-c2cccc([N+](=O)[O-])c2)ccc1OCCCCNC(=O)C(N)Cc1ccc(O)cc1. The summed E-state index contributed by atoms with van der Waals surface area (Å²) in [6.45, 7) is 0.682. The van der Waals surface area contributed by atoms with E-state index >= 15 is 0 Å². The van der Waals surface area contributed by atoms with Gasteiger partial charge in [-0.3, -0.25) is 25.0 Å². The number of ether oxygens (including phenoxy) is 1. The Morgan fingerprint density at radius 2 is 1.73 bits per heavy atom. The Morgan fingerprint density at radius 3 is 2.42 bits per heavy atom. The van der Waals surface area contributed by atoms with Crippen LogP contribution in [0, 0.1) is 10.1 Å². The quantitative estimate of drug-likeness (QED) is 0.122. The summed E-state index contributed by atoms with van der Waals surface area (Å²) >= 11 is 0. The maximum absolute atomic E-state index is 12.3. The number of carbonyl (C=O) groups is 3. The molecule has 0 spiro atoms. The molecule has 0 heterocycles. The molecule has 0 bridgehead atoms. The van der Waals surface area contributed by atoms with Gasteiger partial charge in [-0.2, -0.15) is 0 Å². The molecule has 210 valence electrons. The van der Waals surface area contributed by atoms with Crippen LogP contribution in [0.3, 0.4) is 0 Å². The molecule has 7 N–H and O–H groups in total. The topological polar surface area (TPSA) is 200 Å². The zero-order chi connectivity index (χ0) is 29.1. The van der Waals surface area contributed by atoms with Crippen molar-refractivity contribution in [2.75, 3.05) is 13.2 Å². The molecule has 0 saturated heterocycles. The molecular weight excluding hydrogens is 518 g/mol. The minimum atomic E-state index is -0.980. The molecule has 1 atom stereocenters. The third-order valence-corrected chi connectivity index (χ3v) is 5.92. The predicted octanol–water partition coefficient (Wildman–Crippen LogP) is 2.55. The molecular formula is C28H31N5O7. The summed E-state index contributed by atoms with van der Waals surface area (Å²) in [5, 5.41) is 25.3. The lowest BCUT2D eigenvalue weighted by Crippen LogP contribution is -2.42. The molecule has 0 saturated carbocycles. The highest BCUT2D eigenvalue weighted by Gasteiger charge is 2.15. The van der Waals surface area contributed by atoms with Crippen molar-refractivity contribution < 1.29 is 29.2 Å². The molecule has 0 aromatic heterocycles. The average molecular weight is 550 g/mol. The molecule has 12 heteroatoms. The summed E-state index contributed by atoms with van der Waals surface area (Å²) in [6, 6.07) is 15.9. The third kappa shape index (κ3) is 9.10. The van der Waals surface area contributed by atoms with E-state index in [1.165, 1.54) is 24.3 Å². The molecule has 0 radical (unpaired) electrons. The number of nitrogens with one attached hydrogen (secondary N) is 2. The van der Waals surface area contributed by atoms with Crippen molar-refractivity contribution in [3.8, 4) is 22.6 Å². The van der Waals surface area contributed by atoms with Gasteiger partial charge in [0.25, 0.3) is 5.69 Å². The fourth-order valence-electron chi connectivity index (χ4n) is 3.92. The van der Waals surface area contributed by atoms with Crippen molar-refractivity contribution in [2.24, 2.45) is 11.5 Å². The van der Waals surface area contributed by atoms with E-state index in [9.17, 15) is 29.6 Å². The van der Waals surface area contributed by atoms with Gasteiger partial charge < -0.3 is 26.6 Å². The fraction of sp³-hybridized carbons (Fsp3) is 0.250. The number of nitrogens with zero attached hydrogens (tertiary/aromatic N) is 1. The standard InChI is InChI=1S/C28H31N5O7/c29-24(14-18-6-9-23(34)10-7-18)27(36)31-12-1-2-13-40-25-11-8-20(15-21(25)17-26(35)32-28(30)37)19-4-3-5-22(16-19)33(38)39/h3-11,15-16,24,34H,1-2,12-14,17,29H2,(H,31,36)(H3,30,32,35,37). The van der Waals surface area contributed by atoms with Crippen LogP contribution in [0.5, 0.6) is 11.5 Å². The molecule has 3 aromatic carbocycles. The van der Waals surface area contributed by atoms with Crippen molar-refractivity contribution in [2.45, 2.75) is 31.7 Å². The highest BCUT2D eigenvalue weighted by Crippen LogP contribution is 2.29. The number of carbonyl (C=O) groups excluding carboxylic acids is 3. The minimum absolute atomic E-state index is 0.0701. The molecule has 12 nitrogen and oxygen atoms in total. The molecule has 4 amide bonds. The number of nitrogens with two attached hydrogens (primary N) is 2. The van der Waals surface area contributed by atoms with E-state index in [1.807, 2.05) is 5.32 Å². The molecule has 0 fully saturated rings. The Kier molecular flexibility index (Phi) is 10.5. The number of urea groups is 1. The molecule has 3 aromatic rings. The number of phenols is 1. The van der Waals surface area contributed by atoms with Crippen molar-refractivity contribution in [3.63, 3.8) is 0 Å². The van der Waals surface area contributed by atoms with Gasteiger partial charge >= 0.3 is 6.03 Å². The van der Waals surface area contributed by atoms with E-state index in [4.69, 9.17) is 16.2 Å². The van der Waals surface area contributed by atoms with Gasteiger partial charge in [0, 0.05) is 24.2 Å². The highest BCUT2D eigenvalue weighted by atomic mass is 16.6. The van der Waals surface area contributed by atoms with E-state index in [-0.39, 0.29) is 30.4 Å². The number of rotatable bonds is 13. The second-order valence-corrected chi connectivity index (χ2v) is 9.04. The molecule has 1 unspecified atom stereocenters. The summed E-state index contributed by atoms with van der Waals surface area (Å²) < 4.78 is 5.88. The van der Waals surface area contributed by atoms with Crippen LogP contribution in [0.4, 0.5) is 10.5 Å². The molecule has 0 aliphatic carbocycles. The predicted molar refractivity (Wildman–Crippen MR) is 147 cm³/mol. The van der Waals surface area contributed by atoms with E-state index < -0.39 is 22.9 Å². The van der Waals surface area contributed by atoms with Crippen molar-refractivity contribution >= 4 is 23.5 Å². The van der Waals surface area contributed by atoms with Crippen LogP contribution in [0.1, 0.15) is 24.0 Å². The van der Waals surface area contributed by atoms with Gasteiger partial charge in [0.15, 0.2) is 0 Å². The summed E-state index contributed by atoms with van der Waals surface area (Å²) in [6.07, 6.45) is 1.34. The molecule has 40 heavy (non-hydrogen) atoms. The van der Waals surface area contributed by atoms with Gasteiger partial charge in [-0.25, -0.2) is 4.79 Å². The smallest absolute Gasteiger partial charge is 0.318 e. The van der Waals surface area contributed by atoms with Gasteiger partial charge in [-0.15, -0.1) is 0 Å². The number of imide groups is 1. The number of amides is 4. The fourth-order valence-corrected chi connectivity index (χ4v) is 3.92. The summed E-state index contributed by atoms with van der Waals surface area (Å²) in [5.41, 5.74) is 13.5. The van der Waals surface area contributed by atoms with E-state index in [1.54, 1.807) is 42.5 Å². The van der Waals surface area contributed by atoms with Crippen LogP contribution >= 0.6 is 0 Å². The lowest BCUT2D eigenvalue weighted by Gasteiger charge is -2.14. The Morgan fingerprint density at radius 1 is 1.00 bits per heavy atom. The van der Waals surface area contributed by atoms with E-state index in [0.29, 0.717) is 48.2 Å². The van der Waals surface area contributed by atoms with Gasteiger partial charge in [-0.05, 0) is 60.2 Å². The van der Waals surface area contributed by atoms with Gasteiger partial charge in [0.05, 0.1) is 24.0 Å². The highest BCUT2D eigenvalue weighted by molar-refractivity contribution is 5.94. The Balaban J connectivity index is 1.55. The minimum Gasteiger partial charge on any atom is -0.508 e. The largest absolute Gasteiger partial charge is 0.508 e. The van der Waals surface area contributed by atoms with Crippen LogP contribution in [0.2, 0.25) is 0 Å². The molecule has 3 rings (SSSR count). The number of non-ortho nitro benzene ring substituents is 1. The van der Waals surface area contributed by atoms with Crippen molar-refractivity contribution in [1.82, 2.24) is 10.6 Å². The van der Waals surface area contributed by atoms with Crippen LogP contribution in [0.15, 0.2) is 66.7 Å². The number of primary amides is 1.